The third-order valence-electron chi connectivity index (χ3n) is 4.89. The van der Waals surface area contributed by atoms with Crippen molar-refractivity contribution < 1.29 is 14.6 Å². The van der Waals surface area contributed by atoms with Crippen molar-refractivity contribution in [1.29, 1.82) is 0 Å². The number of ether oxygens (including phenoxy) is 2. The first-order chi connectivity index (χ1) is 10.3. The molecule has 1 aliphatic heterocycles. The lowest BCUT2D eigenvalue weighted by Crippen LogP contribution is -2.40. The first-order valence-corrected chi connectivity index (χ1v) is 8.83. The van der Waals surface area contributed by atoms with Crippen LogP contribution in [0.15, 0.2) is 0 Å². The minimum Gasteiger partial charge on any atom is -0.389 e. The number of aliphatic hydroxyl groups excluding tert-OH is 1. The molecular weight excluding hydrogens is 266 g/mol. The molecule has 4 nitrogen and oxygen atoms in total. The van der Waals surface area contributed by atoms with Crippen molar-refractivity contribution in [3.63, 3.8) is 0 Å². The molecule has 1 unspecified atom stereocenters. The van der Waals surface area contributed by atoms with Crippen molar-refractivity contribution in [1.82, 2.24) is 4.90 Å². The number of hydrogen-bond acceptors (Lipinski definition) is 4. The fourth-order valence-corrected chi connectivity index (χ4v) is 3.50. The van der Waals surface area contributed by atoms with E-state index >= 15 is 0 Å². The summed E-state index contributed by atoms with van der Waals surface area (Å²) in [4.78, 5) is 2.35. The predicted molar refractivity (Wildman–Crippen MR) is 84.5 cm³/mol. The largest absolute Gasteiger partial charge is 0.389 e. The maximum Gasteiger partial charge on any atom is 0.0900 e. The van der Waals surface area contributed by atoms with Crippen molar-refractivity contribution >= 4 is 0 Å². The summed E-state index contributed by atoms with van der Waals surface area (Å²) in [5.74, 6) is 0. The molecule has 4 heteroatoms. The smallest absolute Gasteiger partial charge is 0.0900 e. The molecule has 0 amide bonds. The monoisotopic (exact) mass is 299 g/mol. The lowest BCUT2D eigenvalue weighted by molar-refractivity contribution is -0.0650. The summed E-state index contributed by atoms with van der Waals surface area (Å²) >= 11 is 0. The highest BCUT2D eigenvalue weighted by Crippen LogP contribution is 2.21. The Morgan fingerprint density at radius 1 is 1.05 bits per heavy atom. The average Bonchev–Trinajstić information content (AvgIpc) is 2.45. The van der Waals surface area contributed by atoms with E-state index in [0.717, 1.165) is 32.6 Å². The predicted octanol–water partition coefficient (Wildman–Crippen LogP) is 2.59. The van der Waals surface area contributed by atoms with Crippen LogP contribution in [0.5, 0.6) is 0 Å². The van der Waals surface area contributed by atoms with Crippen LogP contribution in [0.4, 0.5) is 0 Å². The zero-order chi connectivity index (χ0) is 14.9. The lowest BCUT2D eigenvalue weighted by atomic mass is 9.96. The molecule has 1 saturated heterocycles. The number of nitrogens with zero attached hydrogens (tertiary/aromatic N) is 1. The summed E-state index contributed by atoms with van der Waals surface area (Å²) in [7, 11) is 2.16. The van der Waals surface area contributed by atoms with Crippen LogP contribution in [0.3, 0.4) is 0 Å². The van der Waals surface area contributed by atoms with Crippen molar-refractivity contribution in [3.05, 3.63) is 0 Å². The van der Waals surface area contributed by atoms with Gasteiger partial charge in [0.25, 0.3) is 0 Å². The van der Waals surface area contributed by atoms with E-state index in [4.69, 9.17) is 9.47 Å². The number of rotatable bonds is 6. The molecule has 2 fully saturated rings. The first kappa shape index (κ1) is 17.2. The van der Waals surface area contributed by atoms with E-state index in [0.29, 0.717) is 12.6 Å². The zero-order valence-electron chi connectivity index (χ0n) is 13.6. The Hall–Kier alpha value is -0.160. The van der Waals surface area contributed by atoms with Crippen molar-refractivity contribution in [3.8, 4) is 0 Å². The lowest BCUT2D eigenvalue weighted by Gasteiger charge is -2.31. The van der Waals surface area contributed by atoms with Crippen molar-refractivity contribution in [2.75, 3.05) is 33.4 Å². The van der Waals surface area contributed by atoms with Crippen molar-refractivity contribution in [2.24, 2.45) is 0 Å². The first-order valence-electron chi connectivity index (χ1n) is 8.83. The maximum atomic E-state index is 10.2. The van der Waals surface area contributed by atoms with Gasteiger partial charge in [-0.15, -0.1) is 0 Å². The molecule has 124 valence electrons. The van der Waals surface area contributed by atoms with Gasteiger partial charge in [-0.3, -0.25) is 0 Å². The second-order valence-electron chi connectivity index (χ2n) is 6.74. The molecule has 0 aromatic carbocycles. The van der Waals surface area contributed by atoms with Gasteiger partial charge < -0.3 is 19.5 Å². The second-order valence-corrected chi connectivity index (χ2v) is 6.74. The van der Waals surface area contributed by atoms with Crippen LogP contribution < -0.4 is 0 Å². The quantitative estimate of drug-likeness (QED) is 0.818. The van der Waals surface area contributed by atoms with Crippen LogP contribution >= 0.6 is 0 Å². The van der Waals surface area contributed by atoms with Gasteiger partial charge in [0.05, 0.1) is 18.8 Å². The van der Waals surface area contributed by atoms with Crippen LogP contribution in [0.2, 0.25) is 0 Å². The van der Waals surface area contributed by atoms with Gasteiger partial charge in [-0.25, -0.2) is 0 Å². The van der Waals surface area contributed by atoms with E-state index in [1.54, 1.807) is 0 Å². The topological polar surface area (TPSA) is 41.9 Å². The summed E-state index contributed by atoms with van der Waals surface area (Å²) < 4.78 is 11.1. The molecule has 0 aromatic rings. The Balaban J connectivity index is 1.64. The number of likely N-dealkylation sites (N-methyl/N-ethyl adjacent to an activating group) is 1. The van der Waals surface area contributed by atoms with Gasteiger partial charge in [-0.2, -0.15) is 0 Å². The Labute approximate surface area is 129 Å². The number of hydrogen-bond donors (Lipinski definition) is 1. The Kier molecular flexibility index (Phi) is 8.01. The molecule has 1 N–H and O–H groups in total. The van der Waals surface area contributed by atoms with E-state index in [1.807, 2.05) is 0 Å². The van der Waals surface area contributed by atoms with Crippen molar-refractivity contribution in [2.45, 2.75) is 76.0 Å². The average molecular weight is 299 g/mol. The van der Waals surface area contributed by atoms with Gasteiger partial charge in [0.15, 0.2) is 0 Å². The van der Waals surface area contributed by atoms with Crippen LogP contribution in [0, 0.1) is 0 Å². The van der Waals surface area contributed by atoms with Crippen LogP contribution in [0.25, 0.3) is 0 Å². The van der Waals surface area contributed by atoms with Gasteiger partial charge in [0, 0.05) is 25.8 Å². The summed E-state index contributed by atoms with van der Waals surface area (Å²) in [6, 6.07) is 0.642. The molecule has 21 heavy (non-hydrogen) atoms. The van der Waals surface area contributed by atoms with Gasteiger partial charge in [-0.05, 0) is 32.7 Å². The Bertz CT molecular complexity index is 261. The van der Waals surface area contributed by atoms with Crippen LogP contribution in [-0.4, -0.2) is 61.7 Å². The molecule has 2 rings (SSSR count). The van der Waals surface area contributed by atoms with E-state index in [-0.39, 0.29) is 12.2 Å². The van der Waals surface area contributed by atoms with E-state index < -0.39 is 0 Å². The normalized spacial score (nSPS) is 24.7. The van der Waals surface area contributed by atoms with Gasteiger partial charge in [0.2, 0.25) is 0 Å². The molecular formula is C17H33NO3. The van der Waals surface area contributed by atoms with E-state index in [1.165, 1.54) is 44.9 Å². The van der Waals surface area contributed by atoms with Gasteiger partial charge in [0.1, 0.15) is 0 Å². The van der Waals surface area contributed by atoms with E-state index in [2.05, 4.69) is 11.9 Å². The molecule has 1 atom stereocenters. The standard InChI is InChI=1S/C17H33NO3/c1-18(15-7-5-3-2-4-6-8-15)13-16(19)14-21-17-9-11-20-12-10-17/h15-17,19H,2-14H2,1H3. The summed E-state index contributed by atoms with van der Waals surface area (Å²) in [6.07, 6.45) is 11.2. The molecule has 0 radical (unpaired) electrons. The molecule has 0 aromatic heterocycles. The second kappa shape index (κ2) is 9.78. The SMILES string of the molecule is CN(CC(O)COC1CCOCC1)C1CCCCCCC1. The molecule has 2 aliphatic rings. The van der Waals surface area contributed by atoms with E-state index in [9.17, 15) is 5.11 Å². The summed E-state index contributed by atoms with van der Waals surface area (Å²) in [6.45, 7) is 2.78. The fourth-order valence-electron chi connectivity index (χ4n) is 3.50. The minimum absolute atomic E-state index is 0.278. The third kappa shape index (κ3) is 6.64. The Morgan fingerprint density at radius 2 is 1.67 bits per heavy atom. The fraction of sp³-hybridized carbons (Fsp3) is 1.00. The van der Waals surface area contributed by atoms with Crippen LogP contribution in [-0.2, 0) is 9.47 Å². The molecule has 1 aliphatic carbocycles. The highest BCUT2D eigenvalue weighted by molar-refractivity contribution is 4.74. The molecule has 0 spiro atoms. The highest BCUT2D eigenvalue weighted by atomic mass is 16.5. The Morgan fingerprint density at radius 3 is 2.33 bits per heavy atom. The summed E-state index contributed by atoms with van der Waals surface area (Å²) in [5.41, 5.74) is 0. The summed E-state index contributed by atoms with van der Waals surface area (Å²) in [5, 5.41) is 10.2. The molecule has 1 saturated carbocycles. The maximum absolute atomic E-state index is 10.2. The van der Waals surface area contributed by atoms with Gasteiger partial charge >= 0.3 is 0 Å². The molecule has 1 heterocycles. The number of aliphatic hydroxyl groups is 1. The van der Waals surface area contributed by atoms with Gasteiger partial charge in [-0.1, -0.05) is 32.1 Å². The zero-order valence-corrected chi connectivity index (χ0v) is 13.6. The third-order valence-corrected chi connectivity index (χ3v) is 4.89. The van der Waals surface area contributed by atoms with Crippen LogP contribution in [0.1, 0.15) is 57.8 Å². The highest BCUT2D eigenvalue weighted by Gasteiger charge is 2.20. The minimum atomic E-state index is -0.372. The molecule has 0 bridgehead atoms.